The van der Waals surface area contributed by atoms with E-state index in [2.05, 4.69) is 6.92 Å². The fraction of sp³-hybridized carbons (Fsp3) is 0.625. The first kappa shape index (κ1) is 14.1. The Kier molecular flexibility index (Phi) is 4.13. The molecule has 0 amide bonds. The lowest BCUT2D eigenvalue weighted by Gasteiger charge is -2.43. The van der Waals surface area contributed by atoms with Crippen LogP contribution >= 0.6 is 11.8 Å². The molecule has 3 nitrogen and oxygen atoms in total. The van der Waals surface area contributed by atoms with Gasteiger partial charge < -0.3 is 15.2 Å². The average Bonchev–Trinajstić information content (AvgIpc) is 2.44. The van der Waals surface area contributed by atoms with Crippen molar-refractivity contribution in [2.75, 3.05) is 23.8 Å². The van der Waals surface area contributed by atoms with E-state index in [0.717, 1.165) is 49.3 Å². The van der Waals surface area contributed by atoms with Crippen molar-refractivity contribution < 1.29 is 9.47 Å². The predicted molar refractivity (Wildman–Crippen MR) is 84.5 cm³/mol. The second kappa shape index (κ2) is 5.86. The standard InChI is InChI=1S/C16H23NO2S/c1-12-2-3-13(17)10-15(12)19-14-4-7-18-16(11-14)5-8-20-9-6-16/h2-3,10,14H,4-9,11,17H2,1H3. The smallest absolute Gasteiger partial charge is 0.124 e. The van der Waals surface area contributed by atoms with Crippen LogP contribution in [0.2, 0.25) is 0 Å². The molecule has 1 unspecified atom stereocenters. The van der Waals surface area contributed by atoms with Crippen LogP contribution in [0.25, 0.3) is 0 Å². The van der Waals surface area contributed by atoms with Crippen molar-refractivity contribution in [1.82, 2.24) is 0 Å². The van der Waals surface area contributed by atoms with Crippen LogP contribution in [0, 0.1) is 6.92 Å². The van der Waals surface area contributed by atoms with E-state index in [1.807, 2.05) is 30.0 Å². The number of aryl methyl sites for hydroxylation is 1. The number of nitrogens with two attached hydrogens (primary N) is 1. The number of ether oxygens (including phenoxy) is 2. The number of hydrogen-bond donors (Lipinski definition) is 1. The van der Waals surface area contributed by atoms with Crippen LogP contribution in [-0.4, -0.2) is 29.8 Å². The molecule has 3 rings (SSSR count). The lowest BCUT2D eigenvalue weighted by molar-refractivity contribution is -0.116. The highest BCUT2D eigenvalue weighted by Gasteiger charge is 2.39. The van der Waals surface area contributed by atoms with Gasteiger partial charge in [-0.3, -0.25) is 0 Å². The zero-order valence-electron chi connectivity index (χ0n) is 12.1. The molecule has 2 heterocycles. The van der Waals surface area contributed by atoms with Gasteiger partial charge in [-0.15, -0.1) is 0 Å². The van der Waals surface area contributed by atoms with E-state index in [1.54, 1.807) is 0 Å². The van der Waals surface area contributed by atoms with Crippen LogP contribution < -0.4 is 10.5 Å². The molecule has 2 fully saturated rings. The summed E-state index contributed by atoms with van der Waals surface area (Å²) in [5, 5.41) is 0. The van der Waals surface area contributed by atoms with Crippen LogP contribution in [0.4, 0.5) is 5.69 Å². The molecule has 0 radical (unpaired) electrons. The van der Waals surface area contributed by atoms with Gasteiger partial charge in [-0.25, -0.2) is 0 Å². The van der Waals surface area contributed by atoms with Crippen molar-refractivity contribution in [1.29, 1.82) is 0 Å². The molecule has 2 aliphatic heterocycles. The van der Waals surface area contributed by atoms with E-state index in [4.69, 9.17) is 15.2 Å². The molecule has 20 heavy (non-hydrogen) atoms. The van der Waals surface area contributed by atoms with Crippen LogP contribution in [0.5, 0.6) is 5.75 Å². The van der Waals surface area contributed by atoms with E-state index in [1.165, 1.54) is 11.5 Å². The molecule has 1 atom stereocenters. The molecule has 2 aliphatic rings. The Morgan fingerprint density at radius 1 is 1.35 bits per heavy atom. The van der Waals surface area contributed by atoms with Crippen molar-refractivity contribution in [3.63, 3.8) is 0 Å². The van der Waals surface area contributed by atoms with Crippen LogP contribution in [0.3, 0.4) is 0 Å². The van der Waals surface area contributed by atoms with E-state index in [-0.39, 0.29) is 11.7 Å². The third-order valence-electron chi connectivity index (χ3n) is 4.36. The Hall–Kier alpha value is -0.870. The minimum Gasteiger partial charge on any atom is -0.490 e. The second-order valence-electron chi connectivity index (χ2n) is 5.90. The molecule has 0 bridgehead atoms. The summed E-state index contributed by atoms with van der Waals surface area (Å²) in [6.07, 6.45) is 4.57. The lowest BCUT2D eigenvalue weighted by atomic mass is 9.86. The fourth-order valence-electron chi connectivity index (χ4n) is 3.10. The molecule has 0 saturated carbocycles. The van der Waals surface area contributed by atoms with Gasteiger partial charge in [-0.1, -0.05) is 6.07 Å². The Labute approximate surface area is 125 Å². The van der Waals surface area contributed by atoms with E-state index in [0.29, 0.717) is 0 Å². The zero-order chi connectivity index (χ0) is 14.0. The number of anilines is 1. The highest BCUT2D eigenvalue weighted by Crippen LogP contribution is 2.39. The highest BCUT2D eigenvalue weighted by atomic mass is 32.2. The summed E-state index contributed by atoms with van der Waals surface area (Å²) >= 11 is 2.03. The number of hydrogen-bond acceptors (Lipinski definition) is 4. The number of nitrogen functional groups attached to an aromatic ring is 1. The Morgan fingerprint density at radius 3 is 2.95 bits per heavy atom. The minimum absolute atomic E-state index is 0.0718. The molecule has 0 aromatic heterocycles. The summed E-state index contributed by atoms with van der Waals surface area (Å²) in [5.41, 5.74) is 7.85. The van der Waals surface area contributed by atoms with Crippen molar-refractivity contribution in [2.24, 2.45) is 0 Å². The topological polar surface area (TPSA) is 44.5 Å². The van der Waals surface area contributed by atoms with Gasteiger partial charge in [-0.2, -0.15) is 11.8 Å². The first-order chi connectivity index (χ1) is 9.67. The average molecular weight is 293 g/mol. The maximum absolute atomic E-state index is 6.23. The highest BCUT2D eigenvalue weighted by molar-refractivity contribution is 7.99. The van der Waals surface area contributed by atoms with Crippen molar-refractivity contribution in [3.05, 3.63) is 23.8 Å². The van der Waals surface area contributed by atoms with E-state index < -0.39 is 0 Å². The third kappa shape index (κ3) is 3.07. The van der Waals surface area contributed by atoms with Crippen molar-refractivity contribution in [3.8, 4) is 5.75 Å². The quantitative estimate of drug-likeness (QED) is 0.849. The van der Waals surface area contributed by atoms with Crippen LogP contribution in [0.15, 0.2) is 18.2 Å². The van der Waals surface area contributed by atoms with E-state index >= 15 is 0 Å². The molecule has 110 valence electrons. The van der Waals surface area contributed by atoms with Crippen molar-refractivity contribution >= 4 is 17.4 Å². The number of thioether (sulfide) groups is 1. The third-order valence-corrected chi connectivity index (χ3v) is 5.34. The van der Waals surface area contributed by atoms with Gasteiger partial charge in [0.25, 0.3) is 0 Å². The summed E-state index contributed by atoms with van der Waals surface area (Å²) in [7, 11) is 0. The SMILES string of the molecule is Cc1ccc(N)cc1OC1CCOC2(CCSCC2)C1. The molecule has 2 saturated heterocycles. The molecular weight excluding hydrogens is 270 g/mol. The summed E-state index contributed by atoms with van der Waals surface area (Å²) in [4.78, 5) is 0. The van der Waals surface area contributed by atoms with Crippen LogP contribution in [0.1, 0.15) is 31.2 Å². The first-order valence-corrected chi connectivity index (χ1v) is 8.57. The molecular formula is C16H23NO2S. The fourth-order valence-corrected chi connectivity index (χ4v) is 4.34. The van der Waals surface area contributed by atoms with Crippen molar-refractivity contribution in [2.45, 2.75) is 44.3 Å². The zero-order valence-corrected chi connectivity index (χ0v) is 12.9. The van der Waals surface area contributed by atoms with E-state index in [9.17, 15) is 0 Å². The van der Waals surface area contributed by atoms with Gasteiger partial charge in [-0.05, 0) is 42.9 Å². The monoisotopic (exact) mass is 293 g/mol. The Balaban J connectivity index is 1.69. The summed E-state index contributed by atoms with van der Waals surface area (Å²) in [6.45, 7) is 2.89. The lowest BCUT2D eigenvalue weighted by Crippen LogP contribution is -2.46. The van der Waals surface area contributed by atoms with Gasteiger partial charge in [0.1, 0.15) is 11.9 Å². The van der Waals surface area contributed by atoms with Gasteiger partial charge in [0.05, 0.1) is 12.2 Å². The van der Waals surface area contributed by atoms with Gasteiger partial charge >= 0.3 is 0 Å². The minimum atomic E-state index is 0.0718. The Bertz CT molecular complexity index is 466. The van der Waals surface area contributed by atoms with Gasteiger partial charge in [0.15, 0.2) is 0 Å². The molecule has 2 N–H and O–H groups in total. The number of benzene rings is 1. The molecule has 1 spiro atoms. The largest absolute Gasteiger partial charge is 0.490 e. The second-order valence-corrected chi connectivity index (χ2v) is 7.13. The maximum Gasteiger partial charge on any atom is 0.124 e. The number of rotatable bonds is 2. The van der Waals surface area contributed by atoms with Gasteiger partial charge in [0, 0.05) is 24.6 Å². The predicted octanol–water partition coefficient (Wildman–Crippen LogP) is 3.40. The first-order valence-electron chi connectivity index (χ1n) is 7.41. The molecule has 0 aliphatic carbocycles. The normalized spacial score (nSPS) is 25.6. The summed E-state index contributed by atoms with van der Waals surface area (Å²) in [5.74, 6) is 3.35. The molecule has 1 aromatic carbocycles. The van der Waals surface area contributed by atoms with Gasteiger partial charge in [0.2, 0.25) is 0 Å². The Morgan fingerprint density at radius 2 is 2.15 bits per heavy atom. The summed E-state index contributed by atoms with van der Waals surface area (Å²) < 4.78 is 12.3. The summed E-state index contributed by atoms with van der Waals surface area (Å²) in [6, 6.07) is 5.89. The maximum atomic E-state index is 6.23. The molecule has 4 heteroatoms. The van der Waals surface area contributed by atoms with Crippen LogP contribution in [-0.2, 0) is 4.74 Å². The molecule has 1 aromatic rings.